The minimum atomic E-state index is 0.332. The first kappa shape index (κ1) is 25.1. The molecule has 0 aliphatic rings. The third-order valence-electron chi connectivity index (χ3n) is 8.22. The molecule has 0 bridgehead atoms. The van der Waals surface area contributed by atoms with Crippen molar-refractivity contribution in [3.05, 3.63) is 132 Å². The van der Waals surface area contributed by atoms with E-state index < -0.39 is 0 Å². The van der Waals surface area contributed by atoms with Crippen LogP contribution >= 0.6 is 0 Å². The zero-order chi connectivity index (χ0) is 29.8. The normalized spacial score (nSPS) is 11.1. The third-order valence-corrected chi connectivity index (χ3v) is 8.22. The van der Waals surface area contributed by atoms with Crippen molar-refractivity contribution in [3.63, 3.8) is 0 Å². The maximum atomic E-state index is 10.7. The number of hydrogen-bond donors (Lipinski definition) is 0. The number of nitriles is 3. The van der Waals surface area contributed by atoms with Gasteiger partial charge in [-0.05, 0) is 53.6 Å². The predicted molar refractivity (Wildman–Crippen MR) is 171 cm³/mol. The minimum absolute atomic E-state index is 0.332. The summed E-state index contributed by atoms with van der Waals surface area (Å²) in [6, 6.07) is 43.5. The number of hydrogen-bond acceptors (Lipinski definition) is 5. The van der Waals surface area contributed by atoms with Gasteiger partial charge < -0.3 is 8.83 Å². The summed E-state index contributed by atoms with van der Waals surface area (Å²) in [6.07, 6.45) is 0. The zero-order valence-electron chi connectivity index (χ0n) is 23.1. The van der Waals surface area contributed by atoms with Gasteiger partial charge in [0.25, 0.3) is 0 Å². The number of fused-ring (bicyclic) bond motifs is 6. The highest BCUT2D eigenvalue weighted by molar-refractivity contribution is 6.11. The first-order valence-electron chi connectivity index (χ1n) is 14.0. The summed E-state index contributed by atoms with van der Waals surface area (Å²) >= 11 is 0. The zero-order valence-corrected chi connectivity index (χ0v) is 23.1. The van der Waals surface area contributed by atoms with Crippen LogP contribution < -0.4 is 0 Å². The summed E-state index contributed by atoms with van der Waals surface area (Å²) in [5.74, 6) is 0. The standard InChI is InChI=1S/C39H19N3O2/c40-20-23-7-5-8-25(17-23)38-33(21-41)31(24-15-16-28-26-9-1-3-13-35(26)43-37(28)18-24)19-32(34(38)22-42)30-12-6-11-29-27-10-2-4-14-36(27)44-39(29)30/h1-19H. The molecule has 0 saturated carbocycles. The van der Waals surface area contributed by atoms with Gasteiger partial charge in [0.15, 0.2) is 0 Å². The molecule has 0 aliphatic heterocycles. The van der Waals surface area contributed by atoms with Crippen molar-refractivity contribution in [2.24, 2.45) is 0 Å². The second kappa shape index (κ2) is 9.74. The molecule has 44 heavy (non-hydrogen) atoms. The molecule has 202 valence electrons. The van der Waals surface area contributed by atoms with Gasteiger partial charge in [-0.3, -0.25) is 0 Å². The van der Waals surface area contributed by atoms with Crippen LogP contribution in [-0.4, -0.2) is 0 Å². The second-order valence-corrected chi connectivity index (χ2v) is 10.6. The molecule has 8 aromatic rings. The fraction of sp³-hybridized carbons (Fsp3) is 0. The predicted octanol–water partition coefficient (Wildman–Crippen LogP) is 10.1. The van der Waals surface area contributed by atoms with E-state index >= 15 is 0 Å². The average molecular weight is 562 g/mol. The van der Waals surface area contributed by atoms with Crippen LogP contribution in [0, 0.1) is 34.0 Å². The lowest BCUT2D eigenvalue weighted by Gasteiger charge is -2.17. The molecule has 0 fully saturated rings. The van der Waals surface area contributed by atoms with Gasteiger partial charge in [-0.15, -0.1) is 0 Å². The molecular formula is C39H19N3O2. The first-order chi connectivity index (χ1) is 21.7. The van der Waals surface area contributed by atoms with Crippen LogP contribution in [0.15, 0.2) is 124 Å². The third kappa shape index (κ3) is 3.70. The molecule has 8 rings (SSSR count). The molecule has 0 radical (unpaired) electrons. The SMILES string of the molecule is N#Cc1cccc(-c2c(C#N)c(-c3ccc4c(c3)oc3ccccc34)cc(-c3cccc4c3oc3ccccc34)c2C#N)c1. The molecule has 5 heteroatoms. The summed E-state index contributed by atoms with van der Waals surface area (Å²) in [5.41, 5.74) is 7.87. The van der Waals surface area contributed by atoms with E-state index in [1.165, 1.54) is 0 Å². The number of rotatable bonds is 3. The van der Waals surface area contributed by atoms with E-state index in [-0.39, 0.29) is 0 Å². The van der Waals surface area contributed by atoms with Crippen LogP contribution in [0.4, 0.5) is 0 Å². The Morgan fingerprint density at radius 3 is 1.86 bits per heavy atom. The fourth-order valence-electron chi connectivity index (χ4n) is 6.24. The molecule has 6 aromatic carbocycles. The molecule has 2 aromatic heterocycles. The largest absolute Gasteiger partial charge is 0.456 e. The van der Waals surface area contributed by atoms with E-state index in [0.717, 1.165) is 43.8 Å². The molecule has 0 amide bonds. The van der Waals surface area contributed by atoms with Crippen molar-refractivity contribution < 1.29 is 8.83 Å². The van der Waals surface area contributed by atoms with Crippen LogP contribution in [0.25, 0.3) is 77.3 Å². The second-order valence-electron chi connectivity index (χ2n) is 10.6. The van der Waals surface area contributed by atoms with Crippen molar-refractivity contribution in [2.75, 3.05) is 0 Å². The number of nitrogens with zero attached hydrogens (tertiary/aromatic N) is 3. The first-order valence-corrected chi connectivity index (χ1v) is 14.0. The molecule has 2 heterocycles. The number of benzene rings is 6. The van der Waals surface area contributed by atoms with E-state index in [0.29, 0.717) is 50.1 Å². The highest BCUT2D eigenvalue weighted by Crippen LogP contribution is 2.44. The van der Waals surface area contributed by atoms with E-state index in [4.69, 9.17) is 8.83 Å². The van der Waals surface area contributed by atoms with Crippen LogP contribution in [0.3, 0.4) is 0 Å². The maximum Gasteiger partial charge on any atom is 0.143 e. The van der Waals surface area contributed by atoms with E-state index in [2.05, 4.69) is 18.2 Å². The molecule has 5 nitrogen and oxygen atoms in total. The Bertz CT molecular complexity index is 2600. The summed E-state index contributed by atoms with van der Waals surface area (Å²) in [5, 5.41) is 34.9. The average Bonchev–Trinajstić information content (AvgIpc) is 3.65. The molecule has 0 spiro atoms. The summed E-state index contributed by atoms with van der Waals surface area (Å²) in [7, 11) is 0. The van der Waals surface area contributed by atoms with Crippen LogP contribution in [0.5, 0.6) is 0 Å². The number of para-hydroxylation sites is 3. The summed E-state index contributed by atoms with van der Waals surface area (Å²) < 4.78 is 12.6. The van der Waals surface area contributed by atoms with Gasteiger partial charge >= 0.3 is 0 Å². The van der Waals surface area contributed by atoms with Gasteiger partial charge in [0.1, 0.15) is 34.5 Å². The van der Waals surface area contributed by atoms with Crippen molar-refractivity contribution in [1.29, 1.82) is 15.8 Å². The smallest absolute Gasteiger partial charge is 0.143 e. The number of furan rings is 2. The highest BCUT2D eigenvalue weighted by Gasteiger charge is 2.24. The molecule has 0 unspecified atom stereocenters. The van der Waals surface area contributed by atoms with Crippen LogP contribution in [0.1, 0.15) is 16.7 Å². The molecule has 0 N–H and O–H groups in total. The minimum Gasteiger partial charge on any atom is -0.456 e. The van der Waals surface area contributed by atoms with Crippen molar-refractivity contribution in [3.8, 4) is 51.6 Å². The lowest BCUT2D eigenvalue weighted by atomic mass is 9.83. The van der Waals surface area contributed by atoms with Gasteiger partial charge in [-0.25, -0.2) is 0 Å². The Morgan fingerprint density at radius 1 is 0.432 bits per heavy atom. The Kier molecular flexibility index (Phi) is 5.56. The van der Waals surface area contributed by atoms with Crippen LogP contribution in [0.2, 0.25) is 0 Å². The lowest BCUT2D eigenvalue weighted by molar-refractivity contribution is 0.669. The van der Waals surface area contributed by atoms with E-state index in [1.807, 2.05) is 97.1 Å². The van der Waals surface area contributed by atoms with Gasteiger partial charge in [0.05, 0.1) is 22.8 Å². The maximum absolute atomic E-state index is 10.7. The summed E-state index contributed by atoms with van der Waals surface area (Å²) in [4.78, 5) is 0. The van der Waals surface area contributed by atoms with E-state index in [9.17, 15) is 15.8 Å². The molecular weight excluding hydrogens is 542 g/mol. The fourth-order valence-corrected chi connectivity index (χ4v) is 6.24. The molecule has 0 atom stereocenters. The van der Waals surface area contributed by atoms with E-state index in [1.54, 1.807) is 18.2 Å². The van der Waals surface area contributed by atoms with Crippen LogP contribution in [-0.2, 0) is 0 Å². The van der Waals surface area contributed by atoms with Gasteiger partial charge in [-0.2, -0.15) is 15.8 Å². The summed E-state index contributed by atoms with van der Waals surface area (Å²) in [6.45, 7) is 0. The molecule has 0 aliphatic carbocycles. The Hall–Kier alpha value is -6.61. The Labute approximate surface area is 251 Å². The van der Waals surface area contributed by atoms with Gasteiger partial charge in [0, 0.05) is 43.8 Å². The quantitative estimate of drug-likeness (QED) is 0.214. The topological polar surface area (TPSA) is 97.7 Å². The Balaban J connectivity index is 1.49. The van der Waals surface area contributed by atoms with Crippen molar-refractivity contribution in [1.82, 2.24) is 0 Å². The van der Waals surface area contributed by atoms with Crippen molar-refractivity contribution >= 4 is 43.9 Å². The Morgan fingerprint density at radius 2 is 1.09 bits per heavy atom. The van der Waals surface area contributed by atoms with Gasteiger partial charge in [0.2, 0.25) is 0 Å². The monoisotopic (exact) mass is 561 g/mol. The molecule has 0 saturated heterocycles. The lowest BCUT2D eigenvalue weighted by Crippen LogP contribution is -1.98. The van der Waals surface area contributed by atoms with Crippen molar-refractivity contribution in [2.45, 2.75) is 0 Å². The van der Waals surface area contributed by atoms with Gasteiger partial charge in [-0.1, -0.05) is 72.8 Å². The highest BCUT2D eigenvalue weighted by atomic mass is 16.3.